The number of rotatable bonds is 4. The zero-order valence-electron chi connectivity index (χ0n) is 9.84. The van der Waals surface area contributed by atoms with Crippen LogP contribution >= 0.6 is 0 Å². The van der Waals surface area contributed by atoms with E-state index in [0.717, 1.165) is 11.3 Å². The van der Waals surface area contributed by atoms with Crippen LogP contribution in [0.25, 0.3) is 0 Å². The Kier molecular flexibility index (Phi) is 3.73. The van der Waals surface area contributed by atoms with Gasteiger partial charge in [-0.1, -0.05) is 17.7 Å². The topological polar surface area (TPSA) is 48.1 Å². The Morgan fingerprint density at radius 1 is 1.12 bits per heavy atom. The van der Waals surface area contributed by atoms with Crippen LogP contribution in [-0.4, -0.2) is 11.5 Å². The number of nitrogens with zero attached hydrogens (tertiary/aromatic N) is 1. The molecular weight excluding hydrogens is 212 g/mol. The summed E-state index contributed by atoms with van der Waals surface area (Å²) in [6, 6.07) is 11.8. The Bertz CT molecular complexity index is 453. The first-order valence-corrected chi connectivity index (χ1v) is 5.63. The predicted octanol–water partition coefficient (Wildman–Crippen LogP) is 2.47. The molecule has 0 aliphatic carbocycles. The second kappa shape index (κ2) is 5.46. The Morgan fingerprint density at radius 2 is 1.76 bits per heavy atom. The Morgan fingerprint density at radius 3 is 2.35 bits per heavy atom. The van der Waals surface area contributed by atoms with Gasteiger partial charge in [-0.2, -0.15) is 0 Å². The van der Waals surface area contributed by atoms with Crippen molar-refractivity contribution in [2.45, 2.75) is 13.0 Å². The molecule has 0 spiro atoms. The van der Waals surface area contributed by atoms with Gasteiger partial charge in [0.15, 0.2) is 0 Å². The molecule has 1 aromatic carbocycles. The number of aromatic nitrogens is 1. The molecule has 88 valence electrons. The highest BCUT2D eigenvalue weighted by Crippen LogP contribution is 2.21. The van der Waals surface area contributed by atoms with Crippen LogP contribution in [0, 0.1) is 6.92 Å². The first kappa shape index (κ1) is 11.6. The summed E-state index contributed by atoms with van der Waals surface area (Å²) in [4.78, 5) is 3.98. The van der Waals surface area contributed by atoms with Gasteiger partial charge in [-0.15, -0.1) is 0 Å². The highest BCUT2D eigenvalue weighted by atomic mass is 16.5. The second-order valence-electron chi connectivity index (χ2n) is 3.94. The molecule has 2 rings (SSSR count). The van der Waals surface area contributed by atoms with Crippen LogP contribution in [0.15, 0.2) is 48.8 Å². The smallest absolute Gasteiger partial charge is 0.136 e. The highest BCUT2D eigenvalue weighted by Gasteiger charge is 2.10. The minimum absolute atomic E-state index is 0.124. The third-order valence-electron chi connectivity index (χ3n) is 2.59. The second-order valence-corrected chi connectivity index (χ2v) is 3.94. The molecule has 1 heterocycles. The molecule has 0 aliphatic heterocycles. The van der Waals surface area contributed by atoms with E-state index in [-0.39, 0.29) is 6.10 Å². The van der Waals surface area contributed by atoms with E-state index in [9.17, 15) is 0 Å². The van der Waals surface area contributed by atoms with Crippen LogP contribution in [0.1, 0.15) is 17.2 Å². The fourth-order valence-electron chi connectivity index (χ4n) is 1.61. The number of pyridine rings is 1. The Hall–Kier alpha value is -1.87. The first-order valence-electron chi connectivity index (χ1n) is 5.63. The number of benzene rings is 1. The minimum Gasteiger partial charge on any atom is -0.484 e. The standard InChI is InChI=1S/C14H16N2O/c1-11-2-4-13(5-3-11)17-14(10-15)12-6-8-16-9-7-12/h2-9,14H,10,15H2,1H3. The van der Waals surface area contributed by atoms with Gasteiger partial charge in [0.25, 0.3) is 0 Å². The van der Waals surface area contributed by atoms with Crippen LogP contribution in [0.4, 0.5) is 0 Å². The molecule has 1 aromatic heterocycles. The number of hydrogen-bond acceptors (Lipinski definition) is 3. The highest BCUT2D eigenvalue weighted by molar-refractivity contribution is 5.27. The van der Waals surface area contributed by atoms with E-state index < -0.39 is 0 Å². The van der Waals surface area contributed by atoms with E-state index in [4.69, 9.17) is 10.5 Å². The number of nitrogens with two attached hydrogens (primary N) is 1. The number of aryl methyl sites for hydroxylation is 1. The number of ether oxygens (including phenoxy) is 1. The van der Waals surface area contributed by atoms with Crippen LogP contribution in [0.2, 0.25) is 0 Å². The molecule has 3 nitrogen and oxygen atoms in total. The maximum atomic E-state index is 5.85. The summed E-state index contributed by atoms with van der Waals surface area (Å²) in [6.45, 7) is 2.49. The zero-order valence-corrected chi connectivity index (χ0v) is 9.84. The van der Waals surface area contributed by atoms with Crippen molar-refractivity contribution in [2.24, 2.45) is 5.73 Å². The van der Waals surface area contributed by atoms with Gasteiger partial charge in [0.2, 0.25) is 0 Å². The normalized spacial score (nSPS) is 12.1. The number of hydrogen-bond donors (Lipinski definition) is 1. The van der Waals surface area contributed by atoms with Crippen molar-refractivity contribution in [1.29, 1.82) is 0 Å². The predicted molar refractivity (Wildman–Crippen MR) is 67.8 cm³/mol. The summed E-state index contributed by atoms with van der Waals surface area (Å²) in [5.41, 5.74) is 8.00. The van der Waals surface area contributed by atoms with Crippen molar-refractivity contribution in [3.8, 4) is 5.75 Å². The van der Waals surface area contributed by atoms with Crippen molar-refractivity contribution in [1.82, 2.24) is 4.98 Å². The lowest BCUT2D eigenvalue weighted by atomic mass is 10.1. The zero-order chi connectivity index (χ0) is 12.1. The van der Waals surface area contributed by atoms with Crippen LogP contribution in [-0.2, 0) is 0 Å². The van der Waals surface area contributed by atoms with E-state index in [0.29, 0.717) is 6.54 Å². The third-order valence-corrected chi connectivity index (χ3v) is 2.59. The van der Waals surface area contributed by atoms with E-state index in [1.807, 2.05) is 43.3 Å². The van der Waals surface area contributed by atoms with Crippen LogP contribution in [0.3, 0.4) is 0 Å². The molecule has 2 N–H and O–H groups in total. The van der Waals surface area contributed by atoms with Crippen LogP contribution in [0.5, 0.6) is 5.75 Å². The average Bonchev–Trinajstić information content (AvgIpc) is 2.39. The molecule has 0 radical (unpaired) electrons. The van der Waals surface area contributed by atoms with E-state index in [1.165, 1.54) is 5.56 Å². The van der Waals surface area contributed by atoms with Gasteiger partial charge in [0, 0.05) is 18.9 Å². The molecule has 2 aromatic rings. The molecule has 0 bridgehead atoms. The molecule has 1 unspecified atom stereocenters. The quantitative estimate of drug-likeness (QED) is 0.874. The van der Waals surface area contributed by atoms with Gasteiger partial charge in [-0.3, -0.25) is 4.98 Å². The summed E-state index contributed by atoms with van der Waals surface area (Å²) in [5.74, 6) is 0.836. The van der Waals surface area contributed by atoms with Gasteiger partial charge in [-0.05, 0) is 36.8 Å². The average molecular weight is 228 g/mol. The third kappa shape index (κ3) is 3.04. The van der Waals surface area contributed by atoms with Crippen LogP contribution < -0.4 is 10.5 Å². The summed E-state index contributed by atoms with van der Waals surface area (Å²) in [7, 11) is 0. The van der Waals surface area contributed by atoms with E-state index >= 15 is 0 Å². The minimum atomic E-state index is -0.124. The molecule has 0 amide bonds. The maximum Gasteiger partial charge on any atom is 0.136 e. The Labute approximate surface area is 101 Å². The summed E-state index contributed by atoms with van der Waals surface area (Å²) in [5, 5.41) is 0. The molecule has 3 heteroatoms. The van der Waals surface area contributed by atoms with Crippen molar-refractivity contribution >= 4 is 0 Å². The van der Waals surface area contributed by atoms with Gasteiger partial charge < -0.3 is 10.5 Å². The van der Waals surface area contributed by atoms with Gasteiger partial charge in [0.1, 0.15) is 11.9 Å². The van der Waals surface area contributed by atoms with E-state index in [2.05, 4.69) is 4.98 Å². The fourth-order valence-corrected chi connectivity index (χ4v) is 1.61. The van der Waals surface area contributed by atoms with Crippen molar-refractivity contribution < 1.29 is 4.74 Å². The van der Waals surface area contributed by atoms with E-state index in [1.54, 1.807) is 12.4 Å². The summed E-state index contributed by atoms with van der Waals surface area (Å²) < 4.78 is 5.85. The SMILES string of the molecule is Cc1ccc(OC(CN)c2ccncc2)cc1. The van der Waals surface area contributed by atoms with Gasteiger partial charge in [0.05, 0.1) is 0 Å². The lowest BCUT2D eigenvalue weighted by Gasteiger charge is -2.17. The molecule has 0 saturated heterocycles. The van der Waals surface area contributed by atoms with Crippen molar-refractivity contribution in [3.05, 3.63) is 59.9 Å². The first-order chi connectivity index (χ1) is 8.29. The fraction of sp³-hybridized carbons (Fsp3) is 0.214. The molecule has 17 heavy (non-hydrogen) atoms. The van der Waals surface area contributed by atoms with Gasteiger partial charge in [-0.25, -0.2) is 0 Å². The molecule has 0 fully saturated rings. The molecule has 1 atom stereocenters. The summed E-state index contributed by atoms with van der Waals surface area (Å²) >= 11 is 0. The lowest BCUT2D eigenvalue weighted by molar-refractivity contribution is 0.214. The largest absolute Gasteiger partial charge is 0.484 e. The Balaban J connectivity index is 2.13. The molecule has 0 saturated carbocycles. The molecule has 0 aliphatic rings. The molecular formula is C14H16N2O. The monoisotopic (exact) mass is 228 g/mol. The van der Waals surface area contributed by atoms with Gasteiger partial charge >= 0.3 is 0 Å². The lowest BCUT2D eigenvalue weighted by Crippen LogP contribution is -2.18. The maximum absolute atomic E-state index is 5.85. The van der Waals surface area contributed by atoms with Crippen molar-refractivity contribution in [3.63, 3.8) is 0 Å². The van der Waals surface area contributed by atoms with Crippen molar-refractivity contribution in [2.75, 3.05) is 6.54 Å². The summed E-state index contributed by atoms with van der Waals surface area (Å²) in [6.07, 6.45) is 3.37.